The van der Waals surface area contributed by atoms with Crippen LogP contribution in [0.5, 0.6) is 0 Å². The molecule has 34 heavy (non-hydrogen) atoms. The average Bonchev–Trinajstić information content (AvgIpc) is 2.89. The van der Waals surface area contributed by atoms with Gasteiger partial charge < -0.3 is 4.98 Å². The second kappa shape index (κ2) is 9.65. The first-order valence-corrected chi connectivity index (χ1v) is 11.0. The van der Waals surface area contributed by atoms with E-state index in [1.54, 1.807) is 30.7 Å². The van der Waals surface area contributed by atoms with Crippen molar-refractivity contribution in [2.45, 2.75) is 0 Å². The molecule has 0 bridgehead atoms. The van der Waals surface area contributed by atoms with Crippen molar-refractivity contribution in [1.82, 2.24) is 19.9 Å². The molecule has 1 N–H and O–H groups in total. The highest BCUT2D eigenvalue weighted by atomic mass is 35.5. The van der Waals surface area contributed by atoms with Crippen molar-refractivity contribution in [3.8, 4) is 22.3 Å². The highest BCUT2D eigenvalue weighted by molar-refractivity contribution is 6.29. The van der Waals surface area contributed by atoms with Gasteiger partial charge in [0.15, 0.2) is 0 Å². The molecule has 6 aromatic rings. The molecule has 6 heteroatoms. The largest absolute Gasteiger partial charge is 0.321 e. The monoisotopic (exact) mass is 462 g/mol. The van der Waals surface area contributed by atoms with Gasteiger partial charge in [-0.05, 0) is 29.3 Å². The molecule has 4 heterocycles. The lowest BCUT2D eigenvalue weighted by molar-refractivity contribution is 1.28. The van der Waals surface area contributed by atoms with E-state index in [9.17, 15) is 4.79 Å². The Balaban J connectivity index is 0.000000142. The van der Waals surface area contributed by atoms with Crippen molar-refractivity contribution in [3.05, 3.63) is 125 Å². The summed E-state index contributed by atoms with van der Waals surface area (Å²) in [5.74, 6) is 0. The highest BCUT2D eigenvalue weighted by Gasteiger charge is 2.06. The first-order valence-electron chi connectivity index (χ1n) is 10.7. The van der Waals surface area contributed by atoms with Crippen LogP contribution in [0.25, 0.3) is 44.1 Å². The van der Waals surface area contributed by atoms with Crippen LogP contribution in [0.2, 0.25) is 5.15 Å². The molecule has 2 aromatic carbocycles. The molecule has 5 nitrogen and oxygen atoms in total. The molecule has 6 rings (SSSR count). The fraction of sp³-hybridized carbons (Fsp3) is 0. The average molecular weight is 463 g/mol. The smallest absolute Gasteiger partial charge is 0.248 e. The van der Waals surface area contributed by atoms with Crippen molar-refractivity contribution < 1.29 is 0 Å². The van der Waals surface area contributed by atoms with E-state index in [-0.39, 0.29) is 5.56 Å². The Hall–Kier alpha value is -4.35. The number of H-pyrrole nitrogens is 1. The normalized spacial score (nSPS) is 10.6. The lowest BCUT2D eigenvalue weighted by Crippen LogP contribution is -2.03. The van der Waals surface area contributed by atoms with E-state index in [2.05, 4.69) is 19.9 Å². The van der Waals surface area contributed by atoms with Gasteiger partial charge in [0.1, 0.15) is 5.15 Å². The Labute approximate surface area is 200 Å². The van der Waals surface area contributed by atoms with Crippen molar-refractivity contribution in [3.63, 3.8) is 0 Å². The maximum absolute atomic E-state index is 11.4. The predicted octanol–water partition coefficient (Wildman–Crippen LogP) is 6.54. The highest BCUT2D eigenvalue weighted by Crippen LogP contribution is 2.27. The lowest BCUT2D eigenvalue weighted by Gasteiger charge is -2.05. The number of benzene rings is 2. The van der Waals surface area contributed by atoms with E-state index < -0.39 is 0 Å². The molecule has 4 aromatic heterocycles. The minimum Gasteiger partial charge on any atom is -0.321 e. The summed E-state index contributed by atoms with van der Waals surface area (Å²) < 4.78 is 0. The molecule has 0 spiro atoms. The summed E-state index contributed by atoms with van der Waals surface area (Å²) in [5.41, 5.74) is 5.72. The summed E-state index contributed by atoms with van der Waals surface area (Å²) in [6.07, 6.45) is 7.14. The number of hydrogen-bond donors (Lipinski definition) is 1. The van der Waals surface area contributed by atoms with E-state index in [0.29, 0.717) is 5.15 Å². The van der Waals surface area contributed by atoms with Crippen LogP contribution in [0.15, 0.2) is 115 Å². The van der Waals surface area contributed by atoms with Crippen molar-refractivity contribution in [2.75, 3.05) is 0 Å². The minimum atomic E-state index is -0.0964. The summed E-state index contributed by atoms with van der Waals surface area (Å²) in [6.45, 7) is 0. The molecule has 0 radical (unpaired) electrons. The van der Waals surface area contributed by atoms with Crippen LogP contribution in [0.3, 0.4) is 0 Å². The minimum absolute atomic E-state index is 0.0964. The fourth-order valence-corrected chi connectivity index (χ4v) is 3.91. The van der Waals surface area contributed by atoms with Gasteiger partial charge in [-0.2, -0.15) is 0 Å². The second-order valence-electron chi connectivity index (χ2n) is 7.60. The Morgan fingerprint density at radius 1 is 0.618 bits per heavy atom. The number of nitrogens with one attached hydrogen (secondary N) is 1. The Morgan fingerprint density at radius 2 is 1.21 bits per heavy atom. The third-order valence-electron chi connectivity index (χ3n) is 5.37. The molecule has 0 saturated heterocycles. The molecule has 0 aliphatic carbocycles. The molecule has 0 unspecified atom stereocenters. The summed E-state index contributed by atoms with van der Waals surface area (Å²) >= 11 is 5.95. The molecular formula is C28H19ClN4O. The third kappa shape index (κ3) is 4.56. The molecule has 0 fully saturated rings. The van der Waals surface area contributed by atoms with Crippen molar-refractivity contribution >= 4 is 33.4 Å². The van der Waals surface area contributed by atoms with E-state index >= 15 is 0 Å². The maximum Gasteiger partial charge on any atom is 0.248 e. The van der Waals surface area contributed by atoms with Gasteiger partial charge in [0.05, 0.1) is 11.0 Å². The van der Waals surface area contributed by atoms with Gasteiger partial charge in [0, 0.05) is 52.8 Å². The first-order chi connectivity index (χ1) is 16.7. The predicted molar refractivity (Wildman–Crippen MR) is 138 cm³/mol. The van der Waals surface area contributed by atoms with Gasteiger partial charge in [-0.1, -0.05) is 72.3 Å². The Morgan fingerprint density at radius 3 is 1.91 bits per heavy atom. The van der Waals surface area contributed by atoms with E-state index in [0.717, 1.165) is 44.1 Å². The van der Waals surface area contributed by atoms with Gasteiger partial charge in [-0.3, -0.25) is 14.8 Å². The molecule has 0 amide bonds. The molecule has 0 aliphatic heterocycles. The molecule has 0 aliphatic rings. The van der Waals surface area contributed by atoms with Crippen LogP contribution in [-0.4, -0.2) is 19.9 Å². The molecule has 0 saturated carbocycles. The van der Waals surface area contributed by atoms with Gasteiger partial charge in [-0.15, -0.1) is 0 Å². The van der Waals surface area contributed by atoms with Crippen LogP contribution in [0.4, 0.5) is 0 Å². The molecular weight excluding hydrogens is 444 g/mol. The summed E-state index contributed by atoms with van der Waals surface area (Å²) in [7, 11) is 0. The zero-order valence-electron chi connectivity index (χ0n) is 18.0. The summed E-state index contributed by atoms with van der Waals surface area (Å²) in [6, 6.07) is 27.0. The zero-order valence-corrected chi connectivity index (χ0v) is 18.8. The number of hydrogen-bond acceptors (Lipinski definition) is 4. The van der Waals surface area contributed by atoms with Crippen LogP contribution < -0.4 is 5.56 Å². The van der Waals surface area contributed by atoms with Gasteiger partial charge in [-0.25, -0.2) is 4.98 Å². The van der Waals surface area contributed by atoms with Gasteiger partial charge >= 0.3 is 0 Å². The zero-order chi connectivity index (χ0) is 23.3. The van der Waals surface area contributed by atoms with Crippen molar-refractivity contribution in [1.29, 1.82) is 0 Å². The quantitative estimate of drug-likeness (QED) is 0.296. The summed E-state index contributed by atoms with van der Waals surface area (Å²) in [4.78, 5) is 27.1. The molecule has 164 valence electrons. The third-order valence-corrected chi connectivity index (χ3v) is 5.58. The first kappa shape index (κ1) is 21.5. The molecule has 0 atom stereocenters. The van der Waals surface area contributed by atoms with Gasteiger partial charge in [0.2, 0.25) is 5.56 Å². The number of aromatic nitrogens is 4. The van der Waals surface area contributed by atoms with E-state index in [1.807, 2.05) is 72.9 Å². The number of aromatic amines is 1. The van der Waals surface area contributed by atoms with Gasteiger partial charge in [0.25, 0.3) is 0 Å². The van der Waals surface area contributed by atoms with Crippen LogP contribution in [-0.2, 0) is 0 Å². The topological polar surface area (TPSA) is 71.5 Å². The number of fused-ring (bicyclic) bond motifs is 2. The van der Waals surface area contributed by atoms with Crippen LogP contribution >= 0.6 is 11.6 Å². The van der Waals surface area contributed by atoms with Crippen LogP contribution in [0, 0.1) is 0 Å². The van der Waals surface area contributed by atoms with Crippen LogP contribution in [0.1, 0.15) is 0 Å². The summed E-state index contributed by atoms with van der Waals surface area (Å²) in [5, 5.41) is 2.43. The Bertz CT molecular complexity index is 1630. The second-order valence-corrected chi connectivity index (χ2v) is 7.99. The maximum atomic E-state index is 11.4. The lowest BCUT2D eigenvalue weighted by atomic mass is 10.1. The van der Waals surface area contributed by atoms with E-state index in [1.165, 1.54) is 6.07 Å². The van der Waals surface area contributed by atoms with Crippen molar-refractivity contribution in [2.24, 2.45) is 0 Å². The SMILES string of the molecule is Clc1ccc2cncc(-c3ccccc3)c2n1.O=c1ccc2cncc(-c3ccccc3)c2[nH]1. The number of halogens is 1. The number of nitrogens with zero attached hydrogens (tertiary/aromatic N) is 3. The Kier molecular flexibility index (Phi) is 6.10. The number of pyridine rings is 4. The standard InChI is InChI=1S/C14H9ClN2.C14H10N2O/c15-13-7-6-11-8-16-9-12(14(11)17-13)10-4-2-1-3-5-10;17-13-7-6-11-8-15-9-12(14(11)16-13)10-4-2-1-3-5-10/h1-9H;1-9H,(H,16,17). The number of rotatable bonds is 2. The van der Waals surface area contributed by atoms with E-state index in [4.69, 9.17) is 11.6 Å². The fourth-order valence-electron chi connectivity index (χ4n) is 3.76.